The smallest absolute Gasteiger partial charge is 0.0973 e. The van der Waals surface area contributed by atoms with E-state index in [1.807, 2.05) is 5.70 Å². The van der Waals surface area contributed by atoms with Gasteiger partial charge in [0.1, 0.15) is 0 Å². The van der Waals surface area contributed by atoms with Crippen molar-refractivity contribution in [2.75, 3.05) is 6.17 Å². The molecule has 0 aliphatic rings. The molecule has 0 rings (SSSR count). The van der Waals surface area contributed by atoms with Crippen LogP contribution in [0, 0.1) is 0 Å². The normalized spacial score (nSPS) is 11.6. The zero-order valence-corrected chi connectivity index (χ0v) is 7.15. The Bertz CT molecular complexity index is 107. The Balaban J connectivity index is 3.31. The maximum atomic E-state index is 4.29. The first-order valence-corrected chi connectivity index (χ1v) is 4.44. The van der Waals surface area contributed by atoms with Crippen LogP contribution < -0.4 is 0 Å². The summed E-state index contributed by atoms with van der Waals surface area (Å²) in [5.41, 5.74) is 3.16. The summed E-state index contributed by atoms with van der Waals surface area (Å²) in [7, 11) is 0.787. The van der Waals surface area contributed by atoms with Crippen LogP contribution >= 0.6 is 0 Å². The summed E-state index contributed by atoms with van der Waals surface area (Å²) in [6, 6.07) is 0. The minimum absolute atomic E-state index is 0.787. The van der Waals surface area contributed by atoms with Crippen molar-refractivity contribution < 1.29 is 0 Å². The molecule has 0 amide bonds. The quantitative estimate of drug-likeness (QED) is 0.319. The van der Waals surface area contributed by atoms with E-state index in [1.165, 1.54) is 5.71 Å². The van der Waals surface area contributed by atoms with Crippen LogP contribution in [0.25, 0.3) is 0 Å². The van der Waals surface area contributed by atoms with E-state index in [-0.39, 0.29) is 0 Å². The molecule has 0 heterocycles. The Morgan fingerprint density at radius 3 is 2.89 bits per heavy atom. The largest absolute Gasteiger partial charge is 0.298 e. The lowest BCUT2D eigenvalue weighted by Crippen LogP contribution is -1.95. The molecule has 0 spiro atoms. The Hall–Kier alpha value is -0.373. The van der Waals surface area contributed by atoms with Gasteiger partial charge >= 0.3 is 0 Å². The van der Waals surface area contributed by atoms with E-state index >= 15 is 0 Å². The molecule has 0 aromatic rings. The molecule has 9 heavy (non-hydrogen) atoms. The molecule has 2 radical (unpaired) electrons. The number of aliphatic imine (C=N–C) groups is 1. The molecule has 0 aromatic heterocycles. The average molecular weight is 139 g/mol. The van der Waals surface area contributed by atoms with Crippen LogP contribution in [0.15, 0.2) is 17.3 Å². The molecule has 0 saturated heterocycles. The maximum Gasteiger partial charge on any atom is 0.0973 e. The van der Waals surface area contributed by atoms with Gasteiger partial charge in [-0.2, -0.15) is 0 Å². The second kappa shape index (κ2) is 5.76. The summed E-state index contributed by atoms with van der Waals surface area (Å²) >= 11 is 0. The van der Waals surface area contributed by atoms with E-state index in [0.717, 1.165) is 22.1 Å². The van der Waals surface area contributed by atoms with Gasteiger partial charge in [-0.1, -0.05) is 6.92 Å². The van der Waals surface area contributed by atoms with Gasteiger partial charge in [-0.15, -0.1) is 12.3 Å². The van der Waals surface area contributed by atoms with Crippen molar-refractivity contribution in [1.29, 1.82) is 0 Å². The first kappa shape index (κ1) is 8.63. The topological polar surface area (TPSA) is 12.4 Å². The summed E-state index contributed by atoms with van der Waals surface area (Å²) in [6.07, 6.45) is 2.00. The van der Waals surface area contributed by atoms with Crippen LogP contribution in [0.1, 0.15) is 20.3 Å². The van der Waals surface area contributed by atoms with Crippen molar-refractivity contribution in [3.8, 4) is 0 Å². The van der Waals surface area contributed by atoms with Crippen molar-refractivity contribution in [3.63, 3.8) is 0 Å². The van der Waals surface area contributed by atoms with Gasteiger partial charge < -0.3 is 0 Å². The number of hydrogen-bond donors (Lipinski definition) is 0. The molecular formula is C7H13NSi. The van der Waals surface area contributed by atoms with E-state index in [4.69, 9.17) is 0 Å². The highest BCUT2D eigenvalue weighted by Gasteiger charge is 1.82. The van der Waals surface area contributed by atoms with Crippen molar-refractivity contribution in [2.45, 2.75) is 20.3 Å². The molecule has 1 nitrogen and oxygen atoms in total. The lowest BCUT2D eigenvalue weighted by Gasteiger charge is -1.91. The lowest BCUT2D eigenvalue weighted by atomic mass is 10.3. The van der Waals surface area contributed by atoms with Crippen LogP contribution in [0.4, 0.5) is 0 Å². The van der Waals surface area contributed by atoms with Crippen molar-refractivity contribution in [1.82, 2.24) is 0 Å². The fourth-order valence-electron chi connectivity index (χ4n) is 0.357. The predicted octanol–water partition coefficient (Wildman–Crippen LogP) is 1.66. The molecule has 0 N–H and O–H groups in total. The lowest BCUT2D eigenvalue weighted by molar-refractivity contribution is 1.21. The molecular weight excluding hydrogens is 126 g/mol. The van der Waals surface area contributed by atoms with Crippen LogP contribution in [0.2, 0.25) is 0 Å². The number of nitrogens with zero attached hydrogens (tertiary/aromatic N) is 1. The van der Waals surface area contributed by atoms with Gasteiger partial charge in [0.2, 0.25) is 0 Å². The van der Waals surface area contributed by atoms with Crippen molar-refractivity contribution in [2.24, 2.45) is 4.99 Å². The third-order valence-electron chi connectivity index (χ3n) is 1.10. The summed E-state index contributed by atoms with van der Waals surface area (Å²) in [5.74, 6) is 0. The van der Waals surface area contributed by atoms with Gasteiger partial charge in [-0.25, -0.2) is 0 Å². The molecule has 0 aliphatic carbocycles. The van der Waals surface area contributed by atoms with E-state index < -0.39 is 0 Å². The molecule has 0 fully saturated rings. The van der Waals surface area contributed by atoms with E-state index in [2.05, 4.69) is 25.4 Å². The third kappa shape index (κ3) is 5.50. The highest BCUT2D eigenvalue weighted by Crippen LogP contribution is 1.82. The minimum Gasteiger partial charge on any atom is -0.298 e. The van der Waals surface area contributed by atoms with Gasteiger partial charge in [0.15, 0.2) is 0 Å². The van der Waals surface area contributed by atoms with Gasteiger partial charge in [-0.3, -0.25) is 4.99 Å². The molecule has 0 aliphatic heterocycles. The Labute approximate surface area is 59.7 Å². The molecule has 50 valence electrons. The number of hydrogen-bond acceptors (Lipinski definition) is 1. The highest BCUT2D eigenvalue weighted by molar-refractivity contribution is 6.42. The first-order chi connectivity index (χ1) is 4.31. The van der Waals surface area contributed by atoms with E-state index in [1.54, 1.807) is 0 Å². The number of rotatable bonds is 4. The summed E-state index contributed by atoms with van der Waals surface area (Å²) in [5, 5.41) is 0. The minimum atomic E-state index is 0.787. The molecule has 0 atom stereocenters. The summed E-state index contributed by atoms with van der Waals surface area (Å²) < 4.78 is 0. The highest BCUT2D eigenvalue weighted by atomic mass is 28.2. The standard InChI is InChI=1S/C7H13NSi/c1-4-7(3)8-6-9-5-2/h5H,2,4,6H2,1,3H3. The fraction of sp³-hybridized carbons (Fsp3) is 0.571. The second-order valence-corrected chi connectivity index (χ2v) is 2.95. The zero-order valence-electron chi connectivity index (χ0n) is 6.15. The molecule has 2 heteroatoms. The molecule has 0 bridgehead atoms. The second-order valence-electron chi connectivity index (χ2n) is 1.81. The first-order valence-electron chi connectivity index (χ1n) is 3.15. The SMILES string of the molecule is C=C[Si]CN=C(C)CC. The van der Waals surface area contributed by atoms with Crippen LogP contribution in [-0.4, -0.2) is 21.4 Å². The fourth-order valence-corrected chi connectivity index (χ4v) is 0.847. The van der Waals surface area contributed by atoms with Crippen molar-refractivity contribution in [3.05, 3.63) is 12.3 Å². The molecule has 0 aromatic carbocycles. The van der Waals surface area contributed by atoms with Crippen LogP contribution in [0.5, 0.6) is 0 Å². The monoisotopic (exact) mass is 139 g/mol. The summed E-state index contributed by atoms with van der Waals surface area (Å²) in [4.78, 5) is 4.29. The van der Waals surface area contributed by atoms with E-state index in [9.17, 15) is 0 Å². The van der Waals surface area contributed by atoms with Crippen LogP contribution in [-0.2, 0) is 0 Å². The van der Waals surface area contributed by atoms with Gasteiger partial charge in [-0.05, 0) is 13.3 Å². The average Bonchev–Trinajstić information content (AvgIpc) is 1.89. The third-order valence-corrected chi connectivity index (χ3v) is 1.73. The zero-order chi connectivity index (χ0) is 7.11. The Morgan fingerprint density at radius 1 is 1.78 bits per heavy atom. The Morgan fingerprint density at radius 2 is 2.44 bits per heavy atom. The van der Waals surface area contributed by atoms with E-state index in [0.29, 0.717) is 0 Å². The summed E-state index contributed by atoms with van der Waals surface area (Å²) in [6.45, 7) is 7.81. The Kier molecular flexibility index (Phi) is 5.52. The van der Waals surface area contributed by atoms with Crippen molar-refractivity contribution >= 4 is 15.2 Å². The maximum absolute atomic E-state index is 4.29. The molecule has 0 saturated carbocycles. The van der Waals surface area contributed by atoms with Gasteiger partial charge in [0.25, 0.3) is 0 Å². The predicted molar refractivity (Wildman–Crippen MR) is 44.2 cm³/mol. The molecule has 0 unspecified atom stereocenters. The van der Waals surface area contributed by atoms with Crippen LogP contribution in [0.3, 0.4) is 0 Å². The van der Waals surface area contributed by atoms with Gasteiger partial charge in [0, 0.05) is 11.9 Å². The van der Waals surface area contributed by atoms with Gasteiger partial charge in [0.05, 0.1) is 9.52 Å².